The second-order valence-corrected chi connectivity index (χ2v) is 5.55. The summed E-state index contributed by atoms with van der Waals surface area (Å²) in [7, 11) is 0. The van der Waals surface area contributed by atoms with Gasteiger partial charge in [0, 0.05) is 11.3 Å². The number of hydrogen-bond acceptors (Lipinski definition) is 5. The second kappa shape index (κ2) is 5.54. The summed E-state index contributed by atoms with van der Waals surface area (Å²) in [5, 5.41) is 11.9. The third-order valence-electron chi connectivity index (χ3n) is 3.01. The SMILES string of the molecule is CCc1nnc(NC(=O)c2[nH]c(C)c(C(C)=O)c2C)s1. The molecule has 0 fully saturated rings. The normalized spacial score (nSPS) is 10.6. The molecule has 0 spiro atoms. The van der Waals surface area contributed by atoms with Gasteiger partial charge < -0.3 is 4.98 Å². The Bertz CT molecular complexity index is 672. The maximum absolute atomic E-state index is 12.2. The van der Waals surface area contributed by atoms with Gasteiger partial charge in [0.15, 0.2) is 5.78 Å². The number of anilines is 1. The summed E-state index contributed by atoms with van der Waals surface area (Å²) < 4.78 is 0. The lowest BCUT2D eigenvalue weighted by atomic mass is 10.1. The van der Waals surface area contributed by atoms with Crippen LogP contribution in [-0.4, -0.2) is 26.9 Å². The van der Waals surface area contributed by atoms with Gasteiger partial charge in [0.2, 0.25) is 5.13 Å². The topological polar surface area (TPSA) is 87.7 Å². The molecule has 106 valence electrons. The molecule has 6 nitrogen and oxygen atoms in total. The van der Waals surface area contributed by atoms with Crippen molar-refractivity contribution < 1.29 is 9.59 Å². The van der Waals surface area contributed by atoms with E-state index >= 15 is 0 Å². The van der Waals surface area contributed by atoms with E-state index in [1.54, 1.807) is 13.8 Å². The summed E-state index contributed by atoms with van der Waals surface area (Å²) in [5.74, 6) is -0.364. The van der Waals surface area contributed by atoms with Crippen molar-refractivity contribution >= 4 is 28.2 Å². The summed E-state index contributed by atoms with van der Waals surface area (Å²) in [6, 6.07) is 0. The number of aromatic nitrogens is 3. The Morgan fingerprint density at radius 3 is 2.50 bits per heavy atom. The predicted molar refractivity (Wildman–Crippen MR) is 77.5 cm³/mol. The third-order valence-corrected chi connectivity index (χ3v) is 3.99. The van der Waals surface area contributed by atoms with E-state index in [2.05, 4.69) is 20.5 Å². The Balaban J connectivity index is 2.25. The van der Waals surface area contributed by atoms with Crippen molar-refractivity contribution in [1.29, 1.82) is 0 Å². The Labute approximate surface area is 120 Å². The molecule has 20 heavy (non-hydrogen) atoms. The lowest BCUT2D eigenvalue weighted by Gasteiger charge is -2.00. The van der Waals surface area contributed by atoms with E-state index in [1.807, 2.05) is 6.92 Å². The maximum Gasteiger partial charge on any atom is 0.274 e. The maximum atomic E-state index is 12.2. The van der Waals surface area contributed by atoms with Gasteiger partial charge in [-0.15, -0.1) is 10.2 Å². The highest BCUT2D eigenvalue weighted by molar-refractivity contribution is 7.15. The average molecular weight is 292 g/mol. The molecule has 0 saturated carbocycles. The first-order valence-corrected chi connectivity index (χ1v) is 7.09. The van der Waals surface area contributed by atoms with Crippen LogP contribution in [-0.2, 0) is 6.42 Å². The lowest BCUT2D eigenvalue weighted by Crippen LogP contribution is -2.13. The van der Waals surface area contributed by atoms with Crippen LogP contribution in [0.2, 0.25) is 0 Å². The minimum Gasteiger partial charge on any atom is -0.354 e. The molecule has 2 aromatic rings. The molecular formula is C13H16N4O2S. The molecule has 0 saturated heterocycles. The molecule has 0 unspecified atom stereocenters. The van der Waals surface area contributed by atoms with Crippen molar-refractivity contribution in [2.24, 2.45) is 0 Å². The van der Waals surface area contributed by atoms with E-state index in [4.69, 9.17) is 0 Å². The fourth-order valence-corrected chi connectivity index (χ4v) is 2.79. The third kappa shape index (κ3) is 2.62. The predicted octanol–water partition coefficient (Wildman–Crippen LogP) is 2.50. The molecule has 0 aliphatic heterocycles. The van der Waals surface area contributed by atoms with Crippen molar-refractivity contribution in [2.45, 2.75) is 34.1 Å². The average Bonchev–Trinajstić information content (AvgIpc) is 2.93. The molecule has 0 radical (unpaired) electrons. The number of nitrogens with one attached hydrogen (secondary N) is 2. The molecule has 2 heterocycles. The van der Waals surface area contributed by atoms with Gasteiger partial charge in [-0.2, -0.15) is 0 Å². The molecule has 0 aliphatic carbocycles. The van der Waals surface area contributed by atoms with E-state index in [9.17, 15) is 9.59 Å². The highest BCUT2D eigenvalue weighted by Crippen LogP contribution is 2.21. The molecule has 7 heteroatoms. The van der Waals surface area contributed by atoms with E-state index in [-0.39, 0.29) is 11.7 Å². The van der Waals surface area contributed by atoms with Crippen LogP contribution in [0.4, 0.5) is 5.13 Å². The summed E-state index contributed by atoms with van der Waals surface area (Å²) in [4.78, 5) is 26.7. The zero-order valence-corrected chi connectivity index (χ0v) is 12.6. The number of nitrogens with zero attached hydrogens (tertiary/aromatic N) is 2. The molecule has 0 atom stereocenters. The van der Waals surface area contributed by atoms with Gasteiger partial charge in [0.1, 0.15) is 10.7 Å². The van der Waals surface area contributed by atoms with E-state index in [1.165, 1.54) is 18.3 Å². The molecule has 2 aromatic heterocycles. The monoisotopic (exact) mass is 292 g/mol. The number of hydrogen-bond donors (Lipinski definition) is 2. The van der Waals surface area contributed by atoms with E-state index < -0.39 is 0 Å². The van der Waals surface area contributed by atoms with Gasteiger partial charge in [-0.3, -0.25) is 14.9 Å². The number of aryl methyl sites for hydroxylation is 2. The molecule has 2 N–H and O–H groups in total. The van der Waals surface area contributed by atoms with Gasteiger partial charge in [-0.05, 0) is 32.8 Å². The summed E-state index contributed by atoms with van der Waals surface area (Å²) in [6.45, 7) is 7.00. The fraction of sp³-hybridized carbons (Fsp3) is 0.385. The van der Waals surface area contributed by atoms with Crippen LogP contribution >= 0.6 is 11.3 Å². The number of carbonyl (C=O) groups is 2. The first-order chi connectivity index (χ1) is 9.43. The fourth-order valence-electron chi connectivity index (χ4n) is 2.11. The quantitative estimate of drug-likeness (QED) is 0.847. The minimum atomic E-state index is -0.308. The molecule has 1 amide bonds. The first-order valence-electron chi connectivity index (χ1n) is 6.27. The molecular weight excluding hydrogens is 276 g/mol. The number of ketones is 1. The Kier molecular flexibility index (Phi) is 3.99. The van der Waals surface area contributed by atoms with Crippen molar-refractivity contribution in [2.75, 3.05) is 5.32 Å². The van der Waals surface area contributed by atoms with Crippen molar-refractivity contribution in [3.63, 3.8) is 0 Å². The largest absolute Gasteiger partial charge is 0.354 e. The van der Waals surface area contributed by atoms with Gasteiger partial charge in [0.25, 0.3) is 5.91 Å². The summed E-state index contributed by atoms with van der Waals surface area (Å²) in [5.41, 5.74) is 2.32. The Morgan fingerprint density at radius 1 is 1.30 bits per heavy atom. The van der Waals surface area contributed by atoms with Crippen molar-refractivity contribution in [3.05, 3.63) is 27.5 Å². The highest BCUT2D eigenvalue weighted by Gasteiger charge is 2.20. The van der Waals surface area contributed by atoms with E-state index in [0.29, 0.717) is 27.6 Å². The van der Waals surface area contributed by atoms with Crippen molar-refractivity contribution in [1.82, 2.24) is 15.2 Å². The summed E-state index contributed by atoms with van der Waals surface area (Å²) in [6.07, 6.45) is 0.780. The minimum absolute atomic E-state index is 0.0560. The molecule has 2 rings (SSSR count). The van der Waals surface area contributed by atoms with Crippen molar-refractivity contribution in [3.8, 4) is 0 Å². The zero-order chi connectivity index (χ0) is 14.9. The summed E-state index contributed by atoms with van der Waals surface area (Å²) >= 11 is 1.34. The van der Waals surface area contributed by atoms with E-state index in [0.717, 1.165) is 11.4 Å². The van der Waals surface area contributed by atoms with Gasteiger partial charge >= 0.3 is 0 Å². The van der Waals surface area contributed by atoms with Gasteiger partial charge in [-0.1, -0.05) is 18.3 Å². The lowest BCUT2D eigenvalue weighted by molar-refractivity contribution is 0.101. The molecule has 0 aliphatic rings. The standard InChI is InChI=1S/C13H16N4O2S/c1-5-9-16-17-13(20-9)15-12(19)11-6(2)10(8(4)18)7(3)14-11/h14H,5H2,1-4H3,(H,15,17,19). The van der Waals surface area contributed by atoms with Crippen LogP contribution < -0.4 is 5.32 Å². The second-order valence-electron chi connectivity index (χ2n) is 4.49. The molecule has 0 aromatic carbocycles. The highest BCUT2D eigenvalue weighted by atomic mass is 32.1. The van der Waals surface area contributed by atoms with Gasteiger partial charge in [-0.25, -0.2) is 0 Å². The van der Waals surface area contributed by atoms with Crippen LogP contribution in [0.5, 0.6) is 0 Å². The van der Waals surface area contributed by atoms with Crippen LogP contribution in [0, 0.1) is 13.8 Å². The number of carbonyl (C=O) groups excluding carboxylic acids is 2. The number of Topliss-reactive ketones (excluding diaryl/α,β-unsaturated/α-hetero) is 1. The van der Waals surface area contributed by atoms with Crippen LogP contribution in [0.15, 0.2) is 0 Å². The van der Waals surface area contributed by atoms with Crippen LogP contribution in [0.1, 0.15) is 51.0 Å². The molecule has 0 bridgehead atoms. The smallest absolute Gasteiger partial charge is 0.274 e. The first kappa shape index (κ1) is 14.4. The number of H-pyrrole nitrogens is 1. The van der Waals surface area contributed by atoms with Gasteiger partial charge in [0.05, 0.1) is 0 Å². The Hall–Kier alpha value is -2.02. The zero-order valence-electron chi connectivity index (χ0n) is 11.8. The number of rotatable bonds is 4. The van der Waals surface area contributed by atoms with Crippen LogP contribution in [0.3, 0.4) is 0 Å². The Morgan fingerprint density at radius 2 is 2.00 bits per heavy atom. The number of aromatic amines is 1. The van der Waals surface area contributed by atoms with Crippen LogP contribution in [0.25, 0.3) is 0 Å². The number of amides is 1.